The predicted molar refractivity (Wildman–Crippen MR) is 68.3 cm³/mol. The van der Waals surface area contributed by atoms with Gasteiger partial charge >= 0.3 is 0 Å². The second-order valence-corrected chi connectivity index (χ2v) is 4.75. The summed E-state index contributed by atoms with van der Waals surface area (Å²) in [6, 6.07) is 1.93. The molecule has 0 aromatic carbocycles. The zero-order valence-electron chi connectivity index (χ0n) is 10.8. The lowest BCUT2D eigenvalue weighted by Gasteiger charge is -2.10. The molecule has 0 saturated carbocycles. The maximum Gasteiger partial charge on any atom is 0.208 e. The summed E-state index contributed by atoms with van der Waals surface area (Å²) in [7, 11) is 1.90. The first-order valence-electron chi connectivity index (χ1n) is 5.85. The van der Waals surface area contributed by atoms with Gasteiger partial charge in [-0.05, 0) is 12.8 Å². The van der Waals surface area contributed by atoms with Crippen LogP contribution in [0.1, 0.15) is 19.5 Å². The molecule has 0 aliphatic carbocycles. The second-order valence-electron chi connectivity index (χ2n) is 4.75. The van der Waals surface area contributed by atoms with Crippen LogP contribution in [-0.2, 0) is 13.6 Å². The van der Waals surface area contributed by atoms with E-state index in [2.05, 4.69) is 40.0 Å². The van der Waals surface area contributed by atoms with E-state index in [1.54, 1.807) is 4.68 Å². The number of hydrogen-bond acceptors (Lipinski definition) is 3. The van der Waals surface area contributed by atoms with Crippen molar-refractivity contribution < 1.29 is 0 Å². The second kappa shape index (κ2) is 4.61. The first-order chi connectivity index (χ1) is 8.04. The van der Waals surface area contributed by atoms with Crippen molar-refractivity contribution in [2.24, 2.45) is 13.0 Å². The number of hydrogen-bond donors (Lipinski definition) is 1. The zero-order chi connectivity index (χ0) is 12.4. The molecular formula is C12H19N5. The topological polar surface area (TPSA) is 47.7 Å². The molecule has 0 atom stereocenters. The summed E-state index contributed by atoms with van der Waals surface area (Å²) >= 11 is 0. The molecule has 0 saturated heterocycles. The highest BCUT2D eigenvalue weighted by atomic mass is 15.3. The van der Waals surface area contributed by atoms with Crippen LogP contribution < -0.4 is 5.32 Å². The Labute approximate surface area is 101 Å². The monoisotopic (exact) mass is 233 g/mol. The molecule has 92 valence electrons. The number of aromatic nitrogens is 4. The molecule has 5 heteroatoms. The average molecular weight is 233 g/mol. The summed E-state index contributed by atoms with van der Waals surface area (Å²) in [6.07, 6.45) is 3.97. The van der Waals surface area contributed by atoms with Crippen molar-refractivity contribution in [3.8, 4) is 0 Å². The highest BCUT2D eigenvalue weighted by Gasteiger charge is 2.08. The Bertz CT molecular complexity index is 495. The van der Waals surface area contributed by atoms with Gasteiger partial charge in [-0.3, -0.25) is 4.68 Å². The van der Waals surface area contributed by atoms with E-state index >= 15 is 0 Å². The summed E-state index contributed by atoms with van der Waals surface area (Å²) in [6.45, 7) is 7.34. The maximum atomic E-state index is 4.47. The van der Waals surface area contributed by atoms with Crippen molar-refractivity contribution >= 4 is 11.8 Å². The Kier molecular flexibility index (Phi) is 3.17. The normalized spacial score (nSPS) is 11.1. The summed E-state index contributed by atoms with van der Waals surface area (Å²) in [5.41, 5.74) is 1.02. The van der Waals surface area contributed by atoms with Crippen molar-refractivity contribution in [1.82, 2.24) is 19.3 Å². The Morgan fingerprint density at radius 1 is 1.41 bits per heavy atom. The smallest absolute Gasteiger partial charge is 0.208 e. The molecule has 0 aliphatic heterocycles. The van der Waals surface area contributed by atoms with Gasteiger partial charge in [0.2, 0.25) is 5.95 Å². The number of anilines is 2. The van der Waals surface area contributed by atoms with E-state index in [1.807, 2.05) is 26.2 Å². The average Bonchev–Trinajstić information content (AvgIpc) is 2.74. The highest BCUT2D eigenvalue weighted by Crippen LogP contribution is 2.15. The molecule has 0 aliphatic rings. The Morgan fingerprint density at radius 2 is 2.18 bits per heavy atom. The van der Waals surface area contributed by atoms with Gasteiger partial charge in [-0.25, -0.2) is 4.98 Å². The molecule has 2 heterocycles. The quantitative estimate of drug-likeness (QED) is 0.881. The lowest BCUT2D eigenvalue weighted by atomic mass is 10.2. The first kappa shape index (κ1) is 11.7. The van der Waals surface area contributed by atoms with Crippen LogP contribution >= 0.6 is 0 Å². The third-order valence-corrected chi connectivity index (χ3v) is 2.41. The minimum Gasteiger partial charge on any atom is -0.317 e. The number of rotatable bonds is 4. The van der Waals surface area contributed by atoms with Crippen molar-refractivity contribution in [3.63, 3.8) is 0 Å². The molecule has 0 unspecified atom stereocenters. The first-order valence-corrected chi connectivity index (χ1v) is 5.85. The van der Waals surface area contributed by atoms with Gasteiger partial charge in [0, 0.05) is 32.1 Å². The van der Waals surface area contributed by atoms with Crippen LogP contribution in [0.15, 0.2) is 18.5 Å². The minimum atomic E-state index is 0.591. The molecule has 2 aromatic rings. The lowest BCUT2D eigenvalue weighted by molar-refractivity contribution is 0.527. The molecule has 17 heavy (non-hydrogen) atoms. The summed E-state index contributed by atoms with van der Waals surface area (Å²) in [5.74, 6) is 2.27. The molecule has 1 N–H and O–H groups in total. The fourth-order valence-electron chi connectivity index (χ4n) is 1.78. The third-order valence-electron chi connectivity index (χ3n) is 2.41. The molecule has 2 rings (SSSR count). The largest absolute Gasteiger partial charge is 0.317 e. The molecule has 0 fully saturated rings. The molecule has 0 amide bonds. The van der Waals surface area contributed by atoms with Crippen molar-refractivity contribution in [3.05, 3.63) is 24.2 Å². The van der Waals surface area contributed by atoms with E-state index in [-0.39, 0.29) is 0 Å². The standard InChI is InChI=1S/C12H19N5/c1-9(2)7-17-8-10(3)13-12(17)14-11-5-6-16(4)15-11/h5-6,8-9H,7H2,1-4H3,(H,13,14,15). The summed E-state index contributed by atoms with van der Waals surface area (Å²) < 4.78 is 3.90. The fraction of sp³-hybridized carbons (Fsp3) is 0.500. The van der Waals surface area contributed by atoms with Crippen LogP contribution in [-0.4, -0.2) is 19.3 Å². The number of nitrogens with zero attached hydrogens (tertiary/aromatic N) is 4. The molecule has 5 nitrogen and oxygen atoms in total. The summed E-state index contributed by atoms with van der Waals surface area (Å²) in [4.78, 5) is 4.47. The SMILES string of the molecule is Cc1cn(CC(C)C)c(Nc2ccn(C)n2)n1. The predicted octanol–water partition coefficient (Wildman–Crippen LogP) is 2.32. The van der Waals surface area contributed by atoms with E-state index in [0.29, 0.717) is 5.92 Å². The fourth-order valence-corrected chi connectivity index (χ4v) is 1.78. The molecule has 0 bridgehead atoms. The van der Waals surface area contributed by atoms with Gasteiger partial charge in [0.15, 0.2) is 5.82 Å². The zero-order valence-corrected chi connectivity index (χ0v) is 10.8. The van der Waals surface area contributed by atoms with E-state index < -0.39 is 0 Å². The minimum absolute atomic E-state index is 0.591. The van der Waals surface area contributed by atoms with E-state index in [9.17, 15) is 0 Å². The molecule has 2 aromatic heterocycles. The van der Waals surface area contributed by atoms with Crippen LogP contribution in [0, 0.1) is 12.8 Å². The van der Waals surface area contributed by atoms with Gasteiger partial charge in [-0.2, -0.15) is 5.10 Å². The van der Waals surface area contributed by atoms with E-state index in [0.717, 1.165) is 24.0 Å². The molecule has 0 radical (unpaired) electrons. The van der Waals surface area contributed by atoms with E-state index in [4.69, 9.17) is 0 Å². The van der Waals surface area contributed by atoms with Gasteiger partial charge in [-0.1, -0.05) is 13.8 Å². The van der Waals surface area contributed by atoms with Crippen LogP contribution in [0.5, 0.6) is 0 Å². The Morgan fingerprint density at radius 3 is 2.76 bits per heavy atom. The van der Waals surface area contributed by atoms with Crippen LogP contribution in [0.25, 0.3) is 0 Å². The number of imidazole rings is 1. The lowest BCUT2D eigenvalue weighted by Crippen LogP contribution is -2.07. The molecular weight excluding hydrogens is 214 g/mol. The van der Waals surface area contributed by atoms with Crippen LogP contribution in [0.3, 0.4) is 0 Å². The van der Waals surface area contributed by atoms with Gasteiger partial charge < -0.3 is 9.88 Å². The van der Waals surface area contributed by atoms with Gasteiger partial charge in [0.25, 0.3) is 0 Å². The van der Waals surface area contributed by atoms with Gasteiger partial charge in [-0.15, -0.1) is 0 Å². The van der Waals surface area contributed by atoms with Crippen molar-refractivity contribution in [2.45, 2.75) is 27.3 Å². The van der Waals surface area contributed by atoms with Crippen molar-refractivity contribution in [1.29, 1.82) is 0 Å². The van der Waals surface area contributed by atoms with E-state index in [1.165, 1.54) is 0 Å². The van der Waals surface area contributed by atoms with Crippen LogP contribution in [0.2, 0.25) is 0 Å². The van der Waals surface area contributed by atoms with Gasteiger partial charge in [0.05, 0.1) is 5.69 Å². The van der Waals surface area contributed by atoms with Crippen LogP contribution in [0.4, 0.5) is 11.8 Å². The maximum absolute atomic E-state index is 4.47. The molecule has 0 spiro atoms. The number of aryl methyl sites for hydroxylation is 2. The number of nitrogens with one attached hydrogen (secondary N) is 1. The van der Waals surface area contributed by atoms with Gasteiger partial charge in [0.1, 0.15) is 0 Å². The highest BCUT2D eigenvalue weighted by molar-refractivity contribution is 5.47. The van der Waals surface area contributed by atoms with Crippen molar-refractivity contribution in [2.75, 3.05) is 5.32 Å². The summed E-state index contributed by atoms with van der Waals surface area (Å²) in [5, 5.41) is 7.53. The Balaban J connectivity index is 2.19. The Hall–Kier alpha value is -1.78. The third kappa shape index (κ3) is 2.87.